The van der Waals surface area contributed by atoms with Crippen LogP contribution in [0.5, 0.6) is 0 Å². The van der Waals surface area contributed by atoms with Crippen molar-refractivity contribution in [2.45, 2.75) is 63.8 Å². The summed E-state index contributed by atoms with van der Waals surface area (Å²) in [5.74, 6) is 2.29. The quantitative estimate of drug-likeness (QED) is 0.654. The second-order valence-corrected chi connectivity index (χ2v) is 8.26. The van der Waals surface area contributed by atoms with E-state index < -0.39 is 0 Å². The van der Waals surface area contributed by atoms with Crippen molar-refractivity contribution in [3.8, 4) is 0 Å². The fourth-order valence-corrected chi connectivity index (χ4v) is 3.99. The van der Waals surface area contributed by atoms with Crippen LogP contribution in [0.4, 0.5) is 17.5 Å². The lowest BCUT2D eigenvalue weighted by Crippen LogP contribution is -2.23. The molecule has 0 unspecified atom stereocenters. The molecule has 0 aliphatic heterocycles. The van der Waals surface area contributed by atoms with Gasteiger partial charge in [0.15, 0.2) is 0 Å². The Balaban J connectivity index is 1.57. The molecule has 4 rings (SSSR count). The molecule has 2 saturated carbocycles. The smallest absolute Gasteiger partial charge is 0.225 e. The molecular weight excluding hydrogens is 376 g/mol. The van der Waals surface area contributed by atoms with Gasteiger partial charge in [0, 0.05) is 28.2 Å². The number of nitrogens with zero attached hydrogens (tertiary/aromatic N) is 2. The summed E-state index contributed by atoms with van der Waals surface area (Å²) in [6.07, 6.45) is 8.92. The molecular formula is C20H25BrN4. The Morgan fingerprint density at radius 1 is 1.00 bits per heavy atom. The topological polar surface area (TPSA) is 49.8 Å². The van der Waals surface area contributed by atoms with Crippen LogP contribution in [0.1, 0.15) is 62.1 Å². The maximum Gasteiger partial charge on any atom is 0.225 e. The van der Waals surface area contributed by atoms with Gasteiger partial charge < -0.3 is 10.6 Å². The highest BCUT2D eigenvalue weighted by molar-refractivity contribution is 9.10. The van der Waals surface area contributed by atoms with Crippen LogP contribution < -0.4 is 10.6 Å². The highest BCUT2D eigenvalue weighted by atomic mass is 79.9. The average molecular weight is 401 g/mol. The van der Waals surface area contributed by atoms with Crippen LogP contribution in [0, 0.1) is 6.92 Å². The Morgan fingerprint density at radius 3 is 2.52 bits per heavy atom. The number of aryl methyl sites for hydroxylation is 1. The predicted molar refractivity (Wildman–Crippen MR) is 107 cm³/mol. The van der Waals surface area contributed by atoms with Crippen molar-refractivity contribution >= 4 is 33.4 Å². The summed E-state index contributed by atoms with van der Waals surface area (Å²) >= 11 is 3.52. The van der Waals surface area contributed by atoms with Crippen LogP contribution in [-0.2, 0) is 0 Å². The van der Waals surface area contributed by atoms with Gasteiger partial charge in [-0.25, -0.2) is 4.98 Å². The van der Waals surface area contributed by atoms with Crippen LogP contribution in [0.25, 0.3) is 0 Å². The summed E-state index contributed by atoms with van der Waals surface area (Å²) in [5.41, 5.74) is 3.46. The molecule has 2 fully saturated rings. The largest absolute Gasteiger partial charge is 0.351 e. The van der Waals surface area contributed by atoms with E-state index in [2.05, 4.69) is 57.8 Å². The van der Waals surface area contributed by atoms with E-state index in [-0.39, 0.29) is 0 Å². The maximum atomic E-state index is 4.80. The third-order valence-corrected chi connectivity index (χ3v) is 5.62. The minimum Gasteiger partial charge on any atom is -0.351 e. The van der Waals surface area contributed by atoms with Crippen molar-refractivity contribution in [1.82, 2.24) is 9.97 Å². The summed E-state index contributed by atoms with van der Waals surface area (Å²) < 4.78 is 1.09. The van der Waals surface area contributed by atoms with Crippen molar-refractivity contribution in [2.24, 2.45) is 0 Å². The van der Waals surface area contributed by atoms with Gasteiger partial charge in [0.05, 0.1) is 5.69 Å². The molecule has 4 nitrogen and oxygen atoms in total. The average Bonchev–Trinajstić information content (AvgIpc) is 3.43. The van der Waals surface area contributed by atoms with E-state index in [1.54, 1.807) is 0 Å². The molecule has 1 aromatic heterocycles. The number of hydrogen-bond acceptors (Lipinski definition) is 4. The Hall–Kier alpha value is -1.62. The molecule has 1 aromatic carbocycles. The van der Waals surface area contributed by atoms with Crippen molar-refractivity contribution in [3.05, 3.63) is 40.0 Å². The van der Waals surface area contributed by atoms with Gasteiger partial charge in [0.2, 0.25) is 5.95 Å². The molecule has 2 aliphatic rings. The minimum absolute atomic E-state index is 0.519. The lowest BCUT2D eigenvalue weighted by Gasteiger charge is -2.23. The molecule has 1 heterocycles. The Morgan fingerprint density at radius 2 is 1.80 bits per heavy atom. The SMILES string of the molecule is Cc1cc(Br)ccc1Nc1cc(C2CC2)nc(NC2CCCCC2)n1. The normalized spacial score (nSPS) is 18.2. The first kappa shape index (κ1) is 16.8. The number of hydrogen-bond donors (Lipinski definition) is 2. The van der Waals surface area contributed by atoms with Gasteiger partial charge in [-0.3, -0.25) is 0 Å². The van der Waals surface area contributed by atoms with E-state index in [4.69, 9.17) is 9.97 Å². The first-order chi connectivity index (χ1) is 12.2. The Kier molecular flexibility index (Phi) is 4.93. The molecule has 132 valence electrons. The zero-order chi connectivity index (χ0) is 17.2. The second-order valence-electron chi connectivity index (χ2n) is 7.34. The first-order valence-electron chi connectivity index (χ1n) is 9.36. The van der Waals surface area contributed by atoms with Crippen molar-refractivity contribution in [1.29, 1.82) is 0 Å². The monoisotopic (exact) mass is 400 g/mol. The summed E-state index contributed by atoms with van der Waals surface area (Å²) in [5, 5.41) is 7.07. The van der Waals surface area contributed by atoms with Crippen LogP contribution in [-0.4, -0.2) is 16.0 Å². The van der Waals surface area contributed by atoms with E-state index in [0.717, 1.165) is 21.9 Å². The lowest BCUT2D eigenvalue weighted by atomic mass is 9.96. The molecule has 2 N–H and O–H groups in total. The predicted octanol–water partition coefficient (Wildman–Crippen LogP) is 5.91. The maximum absolute atomic E-state index is 4.80. The van der Waals surface area contributed by atoms with Gasteiger partial charge >= 0.3 is 0 Å². The summed E-state index contributed by atoms with van der Waals surface area (Å²) in [6.45, 7) is 2.11. The highest BCUT2D eigenvalue weighted by Crippen LogP contribution is 2.40. The molecule has 2 aromatic rings. The summed E-state index contributed by atoms with van der Waals surface area (Å²) in [6, 6.07) is 8.90. The first-order valence-corrected chi connectivity index (χ1v) is 10.2. The van der Waals surface area contributed by atoms with Crippen molar-refractivity contribution < 1.29 is 0 Å². The number of rotatable bonds is 5. The fourth-order valence-electron chi connectivity index (χ4n) is 3.52. The number of halogens is 1. The molecule has 0 amide bonds. The van der Waals surface area contributed by atoms with Crippen LogP contribution in [0.2, 0.25) is 0 Å². The zero-order valence-corrected chi connectivity index (χ0v) is 16.3. The molecule has 5 heteroatoms. The van der Waals surface area contributed by atoms with E-state index >= 15 is 0 Å². The third kappa shape index (κ3) is 4.32. The van der Waals surface area contributed by atoms with Gasteiger partial charge in [-0.05, 0) is 56.4 Å². The van der Waals surface area contributed by atoms with Gasteiger partial charge in [-0.1, -0.05) is 35.2 Å². The fraction of sp³-hybridized carbons (Fsp3) is 0.500. The van der Waals surface area contributed by atoms with Crippen molar-refractivity contribution in [2.75, 3.05) is 10.6 Å². The van der Waals surface area contributed by atoms with Crippen LogP contribution in [0.15, 0.2) is 28.7 Å². The number of nitrogens with one attached hydrogen (secondary N) is 2. The van der Waals surface area contributed by atoms with Crippen LogP contribution in [0.3, 0.4) is 0 Å². The van der Waals surface area contributed by atoms with Crippen LogP contribution >= 0.6 is 15.9 Å². The lowest BCUT2D eigenvalue weighted by molar-refractivity contribution is 0.460. The molecule has 0 saturated heterocycles. The van der Waals surface area contributed by atoms with Gasteiger partial charge in [0.25, 0.3) is 0 Å². The molecule has 0 atom stereocenters. The highest BCUT2D eigenvalue weighted by Gasteiger charge is 2.26. The molecule has 0 radical (unpaired) electrons. The van der Waals surface area contributed by atoms with E-state index in [1.165, 1.54) is 56.2 Å². The summed E-state index contributed by atoms with van der Waals surface area (Å²) in [7, 11) is 0. The van der Waals surface area contributed by atoms with Gasteiger partial charge in [-0.15, -0.1) is 0 Å². The number of anilines is 3. The summed E-state index contributed by atoms with van der Waals surface area (Å²) in [4.78, 5) is 9.55. The van der Waals surface area contributed by atoms with Crippen molar-refractivity contribution in [3.63, 3.8) is 0 Å². The standard InChI is InChI=1S/C20H25BrN4/c1-13-11-15(21)9-10-17(13)23-19-12-18(14-7-8-14)24-20(25-19)22-16-5-3-2-4-6-16/h9-12,14,16H,2-8H2,1H3,(H2,22,23,24,25). The van der Waals surface area contributed by atoms with E-state index in [9.17, 15) is 0 Å². The molecule has 25 heavy (non-hydrogen) atoms. The Labute approximate surface area is 158 Å². The zero-order valence-electron chi connectivity index (χ0n) is 14.7. The number of benzene rings is 1. The van der Waals surface area contributed by atoms with E-state index in [0.29, 0.717) is 12.0 Å². The third-order valence-electron chi connectivity index (χ3n) is 5.13. The number of aromatic nitrogens is 2. The minimum atomic E-state index is 0.519. The molecule has 0 spiro atoms. The Bertz CT molecular complexity index is 751. The second kappa shape index (κ2) is 7.32. The van der Waals surface area contributed by atoms with Gasteiger partial charge in [0.1, 0.15) is 5.82 Å². The van der Waals surface area contributed by atoms with E-state index in [1.807, 2.05) is 0 Å². The molecule has 2 aliphatic carbocycles. The molecule has 0 bridgehead atoms. The van der Waals surface area contributed by atoms with Gasteiger partial charge in [-0.2, -0.15) is 4.98 Å².